The Morgan fingerprint density at radius 2 is 1.97 bits per heavy atom. The largest absolute Gasteiger partial charge is 0.490 e. The van der Waals surface area contributed by atoms with E-state index in [2.05, 4.69) is 46.6 Å². The van der Waals surface area contributed by atoms with Crippen LogP contribution < -0.4 is 15.0 Å². The molecule has 5 aliphatic rings. The highest BCUT2D eigenvalue weighted by molar-refractivity contribution is 6.30. The molecule has 0 aromatic heterocycles. The van der Waals surface area contributed by atoms with Crippen molar-refractivity contribution in [2.75, 3.05) is 37.7 Å². The fraction of sp³-hybridized carbons (Fsp3) is 0.606. The third-order valence-corrected chi connectivity index (χ3v) is 10.7. The summed E-state index contributed by atoms with van der Waals surface area (Å²) >= 11 is 6.44. The Balaban J connectivity index is 1.25. The number of halogens is 1. The van der Waals surface area contributed by atoms with Crippen LogP contribution in [-0.2, 0) is 27.8 Å². The van der Waals surface area contributed by atoms with Crippen molar-refractivity contribution in [3.8, 4) is 5.75 Å². The van der Waals surface area contributed by atoms with Crippen molar-refractivity contribution in [2.45, 2.75) is 75.7 Å². The fourth-order valence-electron chi connectivity index (χ4n) is 8.13. The first kappa shape index (κ1) is 25.7. The lowest BCUT2D eigenvalue weighted by atomic mass is 9.67. The summed E-state index contributed by atoms with van der Waals surface area (Å²) < 4.78 is 13.1. The topological polar surface area (TPSA) is 50.8 Å². The number of carbonyl (C=O) groups is 1. The number of carbonyl (C=O) groups excluding carboxylic acids is 1. The molecule has 1 amide bonds. The van der Waals surface area contributed by atoms with Crippen LogP contribution in [0.3, 0.4) is 0 Å². The quantitative estimate of drug-likeness (QED) is 0.433. The first-order valence-corrected chi connectivity index (χ1v) is 15.6. The second-order valence-corrected chi connectivity index (χ2v) is 13.3. The molecule has 5 unspecified atom stereocenters. The molecule has 208 valence electrons. The van der Waals surface area contributed by atoms with Crippen LogP contribution in [0.4, 0.5) is 5.69 Å². The smallest absolute Gasteiger partial charge is 0.220 e. The molecule has 1 saturated heterocycles. The van der Waals surface area contributed by atoms with Crippen molar-refractivity contribution in [1.82, 2.24) is 5.32 Å². The Labute approximate surface area is 237 Å². The van der Waals surface area contributed by atoms with Crippen molar-refractivity contribution < 1.29 is 14.3 Å². The van der Waals surface area contributed by atoms with Crippen LogP contribution in [0, 0.1) is 17.8 Å². The normalized spacial score (nSPS) is 32.6. The van der Waals surface area contributed by atoms with Crippen LogP contribution in [0.15, 0.2) is 36.4 Å². The van der Waals surface area contributed by atoms with Gasteiger partial charge in [-0.15, -0.1) is 0 Å². The number of nitrogens with one attached hydrogen (secondary N) is 1. The standard InChI is InChI=1S/C33H41ClN2O3/c34-26-6-8-28-24(18-26)2-1-13-33(28)20-36-19-25-5-7-27(25)31-17-23(12-15-38-31)11-14-35-32(37)10-4-22-3-9-30(39-21-33)29(36)16-22/h3,6,8-9,16,18,23,25,27,31H,1-2,4-5,7,10-15,17,19-21H2,(H,35,37). The monoisotopic (exact) mass is 548 g/mol. The highest BCUT2D eigenvalue weighted by Crippen LogP contribution is 2.48. The number of aryl methyl sites for hydroxylation is 2. The molecule has 2 aromatic rings. The molecule has 1 N–H and O–H groups in total. The molecule has 6 heteroatoms. The van der Waals surface area contributed by atoms with Gasteiger partial charge in [0.1, 0.15) is 5.75 Å². The number of hydrogen-bond donors (Lipinski definition) is 1. The van der Waals surface area contributed by atoms with Crippen LogP contribution in [-0.4, -0.2) is 44.9 Å². The lowest BCUT2D eigenvalue weighted by Crippen LogP contribution is -2.50. The summed E-state index contributed by atoms with van der Waals surface area (Å²) in [6.07, 6.45) is 10.9. The van der Waals surface area contributed by atoms with Gasteiger partial charge in [-0.05, 0) is 116 Å². The van der Waals surface area contributed by atoms with Gasteiger partial charge in [0.15, 0.2) is 0 Å². The van der Waals surface area contributed by atoms with Crippen LogP contribution >= 0.6 is 11.6 Å². The zero-order chi connectivity index (χ0) is 26.4. The van der Waals surface area contributed by atoms with Gasteiger partial charge in [0.2, 0.25) is 5.91 Å². The summed E-state index contributed by atoms with van der Waals surface area (Å²) in [5.74, 6) is 3.05. The van der Waals surface area contributed by atoms with Gasteiger partial charge < -0.3 is 19.7 Å². The van der Waals surface area contributed by atoms with Crippen molar-refractivity contribution >= 4 is 23.2 Å². The van der Waals surface area contributed by atoms with Gasteiger partial charge in [0.05, 0.1) is 18.4 Å². The Hall–Kier alpha value is -2.24. The minimum atomic E-state index is -0.0518. The fourth-order valence-corrected chi connectivity index (χ4v) is 8.33. The summed E-state index contributed by atoms with van der Waals surface area (Å²) in [5.41, 5.74) is 5.16. The molecule has 5 nitrogen and oxygen atoms in total. The molecule has 5 atom stereocenters. The maximum atomic E-state index is 12.7. The molecule has 39 heavy (non-hydrogen) atoms. The van der Waals surface area contributed by atoms with Gasteiger partial charge in [-0.2, -0.15) is 0 Å². The minimum absolute atomic E-state index is 0.0518. The van der Waals surface area contributed by atoms with Crippen LogP contribution in [0.2, 0.25) is 5.02 Å². The predicted molar refractivity (Wildman–Crippen MR) is 155 cm³/mol. The summed E-state index contributed by atoms with van der Waals surface area (Å²) in [5, 5.41) is 4.01. The van der Waals surface area contributed by atoms with Crippen molar-refractivity contribution in [2.24, 2.45) is 17.8 Å². The minimum Gasteiger partial charge on any atom is -0.490 e. The number of nitrogens with zero attached hydrogens (tertiary/aromatic N) is 1. The molecule has 4 bridgehead atoms. The Bertz CT molecular complexity index is 1230. The van der Waals surface area contributed by atoms with E-state index in [1.54, 1.807) is 0 Å². The maximum Gasteiger partial charge on any atom is 0.220 e. The number of anilines is 1. The van der Waals surface area contributed by atoms with E-state index in [0.29, 0.717) is 36.9 Å². The van der Waals surface area contributed by atoms with E-state index < -0.39 is 0 Å². The predicted octanol–water partition coefficient (Wildman–Crippen LogP) is 6.09. The number of fused-ring (bicyclic) bond motifs is 7. The number of hydrogen-bond acceptors (Lipinski definition) is 4. The average molecular weight is 549 g/mol. The molecule has 3 heterocycles. The van der Waals surface area contributed by atoms with Crippen LogP contribution in [0.5, 0.6) is 5.75 Å². The van der Waals surface area contributed by atoms with Crippen molar-refractivity contribution in [3.63, 3.8) is 0 Å². The van der Waals surface area contributed by atoms with Gasteiger partial charge in [-0.3, -0.25) is 4.79 Å². The summed E-state index contributed by atoms with van der Waals surface area (Å²) in [6, 6.07) is 13.1. The van der Waals surface area contributed by atoms with E-state index in [1.165, 1.54) is 35.2 Å². The molecule has 2 aromatic carbocycles. The second-order valence-electron chi connectivity index (χ2n) is 12.8. The lowest BCUT2D eigenvalue weighted by molar-refractivity contribution is -0.121. The maximum absolute atomic E-state index is 12.7. The third kappa shape index (κ3) is 5.06. The molecular formula is C33H41ClN2O3. The van der Waals surface area contributed by atoms with E-state index in [-0.39, 0.29) is 11.3 Å². The number of rotatable bonds is 0. The molecule has 3 aliphatic heterocycles. The molecule has 7 rings (SSSR count). The van der Waals surface area contributed by atoms with Gasteiger partial charge in [0.25, 0.3) is 0 Å². The molecule has 2 aliphatic carbocycles. The third-order valence-electron chi connectivity index (χ3n) is 10.4. The summed E-state index contributed by atoms with van der Waals surface area (Å²) in [7, 11) is 0. The highest BCUT2D eigenvalue weighted by atomic mass is 35.5. The first-order chi connectivity index (χ1) is 19.1. The first-order valence-electron chi connectivity index (χ1n) is 15.2. The highest BCUT2D eigenvalue weighted by Gasteiger charge is 2.45. The van der Waals surface area contributed by atoms with Gasteiger partial charge >= 0.3 is 0 Å². The van der Waals surface area contributed by atoms with Crippen molar-refractivity contribution in [1.29, 1.82) is 0 Å². The SMILES string of the molecule is O=C1CCc2ccc3c(c2)N(CC2CCC2C2CC(CCN1)CCO2)CC1(CCCc2cc(Cl)ccc21)CO3. The Morgan fingerprint density at radius 1 is 1.03 bits per heavy atom. The van der Waals surface area contributed by atoms with Crippen molar-refractivity contribution in [3.05, 3.63) is 58.1 Å². The number of benzene rings is 2. The summed E-state index contributed by atoms with van der Waals surface area (Å²) in [6.45, 7) is 4.33. The average Bonchev–Trinajstić information content (AvgIpc) is 3.07. The van der Waals surface area contributed by atoms with Crippen LogP contribution in [0.25, 0.3) is 0 Å². The van der Waals surface area contributed by atoms with E-state index in [0.717, 1.165) is 82.0 Å². The number of amides is 1. The van der Waals surface area contributed by atoms with Gasteiger partial charge in [0, 0.05) is 43.1 Å². The molecule has 1 spiro atoms. The van der Waals surface area contributed by atoms with Gasteiger partial charge in [-0.1, -0.05) is 23.7 Å². The van der Waals surface area contributed by atoms with E-state index in [1.807, 2.05) is 0 Å². The van der Waals surface area contributed by atoms with E-state index >= 15 is 0 Å². The Kier molecular flexibility index (Phi) is 7.01. The van der Waals surface area contributed by atoms with Crippen LogP contribution in [0.1, 0.15) is 68.1 Å². The number of ether oxygens (including phenoxy) is 2. The molecular weight excluding hydrogens is 508 g/mol. The molecule has 1 saturated carbocycles. The zero-order valence-electron chi connectivity index (χ0n) is 22.9. The molecule has 2 fully saturated rings. The second kappa shape index (κ2) is 10.6. The Morgan fingerprint density at radius 3 is 2.87 bits per heavy atom. The van der Waals surface area contributed by atoms with Gasteiger partial charge in [-0.25, -0.2) is 0 Å². The van der Waals surface area contributed by atoms with E-state index in [9.17, 15) is 4.79 Å². The van der Waals surface area contributed by atoms with E-state index in [4.69, 9.17) is 21.1 Å². The summed E-state index contributed by atoms with van der Waals surface area (Å²) in [4.78, 5) is 15.3. The zero-order valence-corrected chi connectivity index (χ0v) is 23.7. The lowest BCUT2D eigenvalue weighted by Gasteiger charge is -2.48. The molecule has 0 radical (unpaired) electrons.